The van der Waals surface area contributed by atoms with Crippen LogP contribution in [0.3, 0.4) is 0 Å². The third kappa shape index (κ3) is 1.99. The maximum Gasteiger partial charge on any atom is 0.237 e. The van der Waals surface area contributed by atoms with Gasteiger partial charge in [0.1, 0.15) is 6.17 Å². The van der Waals surface area contributed by atoms with E-state index in [9.17, 15) is 9.18 Å². The molecule has 1 saturated heterocycles. The molecule has 0 bridgehead atoms. The predicted octanol–water partition coefficient (Wildman–Crippen LogP) is 0.307. The first-order valence-corrected chi connectivity index (χ1v) is 4.81. The third-order valence-electron chi connectivity index (χ3n) is 2.72. The van der Waals surface area contributed by atoms with Crippen molar-refractivity contribution in [2.45, 2.75) is 37.5 Å². The first-order chi connectivity index (χ1) is 6.16. The van der Waals surface area contributed by atoms with Gasteiger partial charge < -0.3 is 5.32 Å². The van der Waals surface area contributed by atoms with Crippen molar-refractivity contribution in [3.05, 3.63) is 0 Å². The van der Waals surface area contributed by atoms with Crippen LogP contribution in [0.25, 0.3) is 0 Å². The number of carbonyl (C=O) groups is 1. The molecular formula is C9H15FN2O. The summed E-state index contributed by atoms with van der Waals surface area (Å²) in [5, 5.41) is 2.90. The first kappa shape index (κ1) is 8.94. The minimum absolute atomic E-state index is 0.00477. The molecule has 1 N–H and O–H groups in total. The van der Waals surface area contributed by atoms with Gasteiger partial charge >= 0.3 is 0 Å². The molecule has 13 heavy (non-hydrogen) atoms. The second kappa shape index (κ2) is 3.25. The molecule has 1 amide bonds. The lowest BCUT2D eigenvalue weighted by Crippen LogP contribution is -2.42. The van der Waals surface area contributed by atoms with Crippen LogP contribution in [-0.4, -0.2) is 42.7 Å². The summed E-state index contributed by atoms with van der Waals surface area (Å²) in [6.07, 6.45) is 1.69. The molecule has 4 heteroatoms. The van der Waals surface area contributed by atoms with Crippen LogP contribution >= 0.6 is 0 Å². The molecule has 0 aromatic carbocycles. The van der Waals surface area contributed by atoms with Gasteiger partial charge in [0.25, 0.3) is 0 Å². The maximum atomic E-state index is 12.9. The van der Waals surface area contributed by atoms with Gasteiger partial charge in [0.15, 0.2) is 0 Å². The minimum Gasteiger partial charge on any atom is -0.352 e. The van der Waals surface area contributed by atoms with E-state index in [0.717, 1.165) is 12.8 Å². The van der Waals surface area contributed by atoms with Crippen molar-refractivity contribution in [3.63, 3.8) is 0 Å². The highest BCUT2D eigenvalue weighted by molar-refractivity contribution is 5.82. The van der Waals surface area contributed by atoms with E-state index in [-0.39, 0.29) is 11.9 Å². The van der Waals surface area contributed by atoms with Crippen molar-refractivity contribution in [2.75, 3.05) is 13.6 Å². The number of nitrogens with one attached hydrogen (secondary N) is 1. The molecule has 74 valence electrons. The van der Waals surface area contributed by atoms with Gasteiger partial charge in [-0.15, -0.1) is 0 Å². The molecule has 1 aliphatic carbocycles. The quantitative estimate of drug-likeness (QED) is 0.673. The number of hydrogen-bond donors (Lipinski definition) is 1. The molecule has 0 spiro atoms. The molecule has 1 aliphatic heterocycles. The molecule has 3 nitrogen and oxygen atoms in total. The number of likely N-dealkylation sites (N-methyl/N-ethyl adjacent to an activating group) is 1. The molecule has 2 aliphatic rings. The molecule has 1 saturated carbocycles. The van der Waals surface area contributed by atoms with E-state index >= 15 is 0 Å². The molecular weight excluding hydrogens is 171 g/mol. The Hall–Kier alpha value is -0.640. The van der Waals surface area contributed by atoms with Gasteiger partial charge in [-0.25, -0.2) is 4.39 Å². The van der Waals surface area contributed by atoms with E-state index in [4.69, 9.17) is 0 Å². The second-order valence-electron chi connectivity index (χ2n) is 4.07. The van der Waals surface area contributed by atoms with Gasteiger partial charge in [0.2, 0.25) is 5.91 Å². The highest BCUT2D eigenvalue weighted by atomic mass is 19.1. The lowest BCUT2D eigenvalue weighted by Gasteiger charge is -2.17. The Morgan fingerprint density at radius 2 is 2.23 bits per heavy atom. The zero-order valence-electron chi connectivity index (χ0n) is 7.79. The Labute approximate surface area is 77.3 Å². The molecule has 0 aromatic heterocycles. The van der Waals surface area contributed by atoms with Gasteiger partial charge in [0, 0.05) is 19.0 Å². The number of likely N-dealkylation sites (tertiary alicyclic amines) is 1. The Morgan fingerprint density at radius 3 is 2.69 bits per heavy atom. The number of rotatable bonds is 2. The van der Waals surface area contributed by atoms with Crippen LogP contribution in [0.4, 0.5) is 4.39 Å². The van der Waals surface area contributed by atoms with Gasteiger partial charge in [-0.2, -0.15) is 0 Å². The van der Waals surface area contributed by atoms with Crippen LogP contribution in [0.15, 0.2) is 0 Å². The lowest BCUT2D eigenvalue weighted by molar-refractivity contribution is -0.125. The topological polar surface area (TPSA) is 32.3 Å². The Kier molecular flexibility index (Phi) is 2.24. The first-order valence-electron chi connectivity index (χ1n) is 4.81. The Bertz CT molecular complexity index is 218. The van der Waals surface area contributed by atoms with E-state index in [2.05, 4.69) is 5.32 Å². The number of nitrogens with zero attached hydrogens (tertiary/aromatic N) is 1. The van der Waals surface area contributed by atoms with Crippen LogP contribution in [0, 0.1) is 0 Å². The zero-order valence-corrected chi connectivity index (χ0v) is 7.79. The van der Waals surface area contributed by atoms with Gasteiger partial charge in [-0.05, 0) is 19.9 Å². The van der Waals surface area contributed by atoms with Crippen LogP contribution in [-0.2, 0) is 4.79 Å². The number of halogens is 1. The van der Waals surface area contributed by atoms with Crippen LogP contribution in [0.5, 0.6) is 0 Å². The summed E-state index contributed by atoms with van der Waals surface area (Å²) in [7, 11) is 1.80. The average molecular weight is 186 g/mol. The Balaban J connectivity index is 1.87. The summed E-state index contributed by atoms with van der Waals surface area (Å²) < 4.78 is 12.9. The Morgan fingerprint density at radius 1 is 1.54 bits per heavy atom. The molecule has 2 atom stereocenters. The molecule has 1 heterocycles. The molecule has 0 radical (unpaired) electrons. The van der Waals surface area contributed by atoms with Gasteiger partial charge in [-0.3, -0.25) is 9.69 Å². The molecule has 2 rings (SSSR count). The summed E-state index contributed by atoms with van der Waals surface area (Å²) in [4.78, 5) is 13.3. The minimum atomic E-state index is -0.833. The molecule has 0 unspecified atom stereocenters. The van der Waals surface area contributed by atoms with Crippen molar-refractivity contribution < 1.29 is 9.18 Å². The fourth-order valence-corrected chi connectivity index (χ4v) is 1.77. The number of carbonyl (C=O) groups excluding carboxylic acids is 1. The highest BCUT2D eigenvalue weighted by Gasteiger charge is 2.36. The molecule has 2 fully saturated rings. The standard InChI is InChI=1S/C9H15FN2O/c1-12-5-6(10)4-8(12)9(13)11-7-2-3-7/h6-8H,2-5H2,1H3,(H,11,13)/t6-,8+/m1/s1. The maximum absolute atomic E-state index is 12.9. The summed E-state index contributed by atoms with van der Waals surface area (Å²) in [5.41, 5.74) is 0. The second-order valence-corrected chi connectivity index (χ2v) is 4.07. The third-order valence-corrected chi connectivity index (χ3v) is 2.72. The van der Waals surface area contributed by atoms with Crippen molar-refractivity contribution in [1.29, 1.82) is 0 Å². The highest BCUT2D eigenvalue weighted by Crippen LogP contribution is 2.22. The lowest BCUT2D eigenvalue weighted by atomic mass is 10.2. The zero-order chi connectivity index (χ0) is 9.42. The van der Waals surface area contributed by atoms with Crippen molar-refractivity contribution in [1.82, 2.24) is 10.2 Å². The molecule has 0 aromatic rings. The fourth-order valence-electron chi connectivity index (χ4n) is 1.77. The normalized spacial score (nSPS) is 34.9. The average Bonchev–Trinajstić information content (AvgIpc) is 2.77. The van der Waals surface area contributed by atoms with Gasteiger partial charge in [-0.1, -0.05) is 0 Å². The predicted molar refractivity (Wildman–Crippen MR) is 47.1 cm³/mol. The number of alkyl halides is 1. The van der Waals surface area contributed by atoms with Crippen LogP contribution < -0.4 is 5.32 Å². The summed E-state index contributed by atoms with van der Waals surface area (Å²) in [6.45, 7) is 0.392. The SMILES string of the molecule is CN1C[C@H](F)C[C@H]1C(=O)NC1CC1. The van der Waals surface area contributed by atoms with Crippen molar-refractivity contribution in [3.8, 4) is 0 Å². The van der Waals surface area contributed by atoms with Crippen molar-refractivity contribution >= 4 is 5.91 Å². The smallest absolute Gasteiger partial charge is 0.237 e. The van der Waals surface area contributed by atoms with Gasteiger partial charge in [0.05, 0.1) is 6.04 Å². The number of amides is 1. The van der Waals surface area contributed by atoms with E-state index in [1.807, 2.05) is 0 Å². The summed E-state index contributed by atoms with van der Waals surface area (Å²) in [5.74, 6) is 0.00477. The van der Waals surface area contributed by atoms with Crippen LogP contribution in [0.2, 0.25) is 0 Å². The van der Waals surface area contributed by atoms with E-state index in [0.29, 0.717) is 19.0 Å². The number of hydrogen-bond acceptors (Lipinski definition) is 2. The largest absolute Gasteiger partial charge is 0.352 e. The summed E-state index contributed by atoms with van der Waals surface area (Å²) in [6, 6.07) is 0.134. The van der Waals surface area contributed by atoms with Crippen molar-refractivity contribution in [2.24, 2.45) is 0 Å². The van der Waals surface area contributed by atoms with E-state index < -0.39 is 6.17 Å². The fraction of sp³-hybridized carbons (Fsp3) is 0.889. The van der Waals surface area contributed by atoms with E-state index in [1.165, 1.54) is 0 Å². The van der Waals surface area contributed by atoms with Crippen LogP contribution in [0.1, 0.15) is 19.3 Å². The van der Waals surface area contributed by atoms with E-state index in [1.54, 1.807) is 11.9 Å². The monoisotopic (exact) mass is 186 g/mol. The summed E-state index contributed by atoms with van der Waals surface area (Å²) >= 11 is 0.